The van der Waals surface area contributed by atoms with Crippen LogP contribution in [0.5, 0.6) is 0 Å². The van der Waals surface area contributed by atoms with Gasteiger partial charge in [0.05, 0.1) is 17.1 Å². The maximum atomic E-state index is 12.4. The Kier molecular flexibility index (Phi) is 7.05. The molecular formula is C19H21N3O6. The lowest BCUT2D eigenvalue weighted by molar-refractivity contribution is -0.384. The molecule has 0 saturated carbocycles. The number of esters is 1. The van der Waals surface area contributed by atoms with Gasteiger partial charge in [-0.2, -0.15) is 0 Å². The number of carbonyl (C=O) groups is 2. The molecule has 2 rings (SSSR count). The third kappa shape index (κ3) is 5.27. The molecule has 0 aliphatic rings. The van der Waals surface area contributed by atoms with Crippen LogP contribution in [0.4, 0.5) is 17.1 Å². The summed E-state index contributed by atoms with van der Waals surface area (Å²) in [6.07, 6.45) is 0. The number of nitro groups is 1. The van der Waals surface area contributed by atoms with E-state index in [-0.39, 0.29) is 30.1 Å². The molecule has 148 valence electrons. The van der Waals surface area contributed by atoms with Crippen LogP contribution in [0.2, 0.25) is 0 Å². The Morgan fingerprint density at radius 3 is 2.61 bits per heavy atom. The quantitative estimate of drug-likeness (QED) is 0.360. The van der Waals surface area contributed by atoms with E-state index in [0.29, 0.717) is 5.69 Å². The first-order valence-corrected chi connectivity index (χ1v) is 8.50. The monoisotopic (exact) mass is 387 g/mol. The highest BCUT2D eigenvalue weighted by molar-refractivity contribution is 5.99. The van der Waals surface area contributed by atoms with Crippen molar-refractivity contribution in [3.8, 4) is 0 Å². The topological polar surface area (TPSA) is 131 Å². The first-order chi connectivity index (χ1) is 13.3. The van der Waals surface area contributed by atoms with Crippen molar-refractivity contribution in [2.24, 2.45) is 0 Å². The molecule has 9 heteroatoms. The average Bonchev–Trinajstić information content (AvgIpc) is 2.67. The summed E-state index contributed by atoms with van der Waals surface area (Å²) < 4.78 is 5.01. The van der Waals surface area contributed by atoms with Gasteiger partial charge in [0.15, 0.2) is 6.61 Å². The number of benzene rings is 2. The third-order valence-electron chi connectivity index (χ3n) is 4.07. The number of amides is 1. The molecule has 0 aromatic heterocycles. The lowest BCUT2D eigenvalue weighted by Crippen LogP contribution is -2.22. The number of nitro benzene ring substituents is 1. The minimum Gasteiger partial charge on any atom is -0.452 e. The number of anilines is 2. The molecule has 2 aromatic carbocycles. The van der Waals surface area contributed by atoms with Crippen LogP contribution in [0.15, 0.2) is 36.4 Å². The molecule has 0 saturated heterocycles. The van der Waals surface area contributed by atoms with Gasteiger partial charge in [-0.1, -0.05) is 12.1 Å². The predicted molar refractivity (Wildman–Crippen MR) is 104 cm³/mol. The van der Waals surface area contributed by atoms with Crippen molar-refractivity contribution in [1.82, 2.24) is 0 Å². The Balaban J connectivity index is 2.08. The molecule has 28 heavy (non-hydrogen) atoms. The molecule has 9 nitrogen and oxygen atoms in total. The van der Waals surface area contributed by atoms with E-state index in [1.165, 1.54) is 12.1 Å². The van der Waals surface area contributed by atoms with E-state index in [0.717, 1.165) is 17.2 Å². The number of aryl methyl sites for hydroxylation is 1. The van der Waals surface area contributed by atoms with E-state index in [9.17, 15) is 19.7 Å². The van der Waals surface area contributed by atoms with Gasteiger partial charge < -0.3 is 20.5 Å². The Labute approximate surface area is 161 Å². The van der Waals surface area contributed by atoms with Gasteiger partial charge >= 0.3 is 5.97 Å². The van der Waals surface area contributed by atoms with Gasteiger partial charge in [-0.3, -0.25) is 14.9 Å². The highest BCUT2D eigenvalue weighted by atomic mass is 16.6. The Hall–Kier alpha value is -3.46. The highest BCUT2D eigenvalue weighted by Crippen LogP contribution is 2.23. The van der Waals surface area contributed by atoms with Crippen LogP contribution >= 0.6 is 0 Å². The largest absolute Gasteiger partial charge is 0.452 e. The number of rotatable bonds is 8. The van der Waals surface area contributed by atoms with Crippen LogP contribution in [0.3, 0.4) is 0 Å². The van der Waals surface area contributed by atoms with Crippen molar-refractivity contribution >= 4 is 28.9 Å². The second-order valence-electron chi connectivity index (χ2n) is 6.01. The molecule has 1 amide bonds. The Bertz CT molecular complexity index is 897. The normalized spacial score (nSPS) is 10.2. The summed E-state index contributed by atoms with van der Waals surface area (Å²) in [5, 5.41) is 25.3. The van der Waals surface area contributed by atoms with E-state index in [1.807, 2.05) is 19.9 Å². The minimum absolute atomic E-state index is 0.0952. The number of ether oxygens (including phenoxy) is 1. The fourth-order valence-corrected chi connectivity index (χ4v) is 2.44. The van der Waals surface area contributed by atoms with Crippen LogP contribution in [0.1, 0.15) is 21.5 Å². The van der Waals surface area contributed by atoms with Gasteiger partial charge in [0.25, 0.3) is 11.6 Å². The zero-order valence-electron chi connectivity index (χ0n) is 15.5. The zero-order valence-corrected chi connectivity index (χ0v) is 15.5. The van der Waals surface area contributed by atoms with Crippen molar-refractivity contribution < 1.29 is 24.4 Å². The van der Waals surface area contributed by atoms with Gasteiger partial charge in [-0.05, 0) is 37.1 Å². The first-order valence-electron chi connectivity index (χ1n) is 8.50. The fraction of sp³-hybridized carbons (Fsp3) is 0.263. The maximum Gasteiger partial charge on any atom is 0.341 e. The lowest BCUT2D eigenvalue weighted by Gasteiger charge is -2.12. The summed E-state index contributed by atoms with van der Waals surface area (Å²) in [4.78, 5) is 34.8. The Morgan fingerprint density at radius 2 is 1.93 bits per heavy atom. The summed E-state index contributed by atoms with van der Waals surface area (Å²) in [7, 11) is 0. The van der Waals surface area contributed by atoms with E-state index in [1.54, 1.807) is 12.1 Å². The lowest BCUT2D eigenvalue weighted by atomic mass is 10.1. The summed E-state index contributed by atoms with van der Waals surface area (Å²) in [5.41, 5.74) is 2.40. The van der Waals surface area contributed by atoms with Crippen molar-refractivity contribution in [2.45, 2.75) is 13.8 Å². The van der Waals surface area contributed by atoms with Gasteiger partial charge in [0.1, 0.15) is 0 Å². The molecule has 2 aromatic rings. The first kappa shape index (κ1) is 20.8. The van der Waals surface area contributed by atoms with Gasteiger partial charge in [-0.25, -0.2) is 4.79 Å². The second kappa shape index (κ2) is 9.47. The summed E-state index contributed by atoms with van der Waals surface area (Å²) in [5.74, 6) is -1.42. The molecule has 0 aliphatic carbocycles. The molecule has 0 fully saturated rings. The van der Waals surface area contributed by atoms with Crippen molar-refractivity contribution in [3.05, 3.63) is 63.2 Å². The van der Waals surface area contributed by atoms with Crippen LogP contribution in [0, 0.1) is 24.0 Å². The average molecular weight is 387 g/mol. The van der Waals surface area contributed by atoms with Crippen molar-refractivity contribution in [2.75, 3.05) is 30.4 Å². The van der Waals surface area contributed by atoms with E-state index < -0.39 is 23.4 Å². The van der Waals surface area contributed by atoms with Crippen LogP contribution < -0.4 is 10.6 Å². The molecular weight excluding hydrogens is 366 g/mol. The molecule has 0 radical (unpaired) electrons. The van der Waals surface area contributed by atoms with Crippen LogP contribution in [-0.2, 0) is 9.53 Å². The number of nitrogens with zero attached hydrogens (tertiary/aromatic N) is 1. The fourth-order valence-electron chi connectivity index (χ4n) is 2.44. The highest BCUT2D eigenvalue weighted by Gasteiger charge is 2.19. The molecule has 0 spiro atoms. The van der Waals surface area contributed by atoms with Crippen LogP contribution in [-0.4, -0.2) is 41.7 Å². The molecule has 0 aliphatic heterocycles. The smallest absolute Gasteiger partial charge is 0.341 e. The number of hydrogen-bond donors (Lipinski definition) is 3. The molecule has 0 atom stereocenters. The minimum atomic E-state index is -0.889. The second-order valence-corrected chi connectivity index (χ2v) is 6.01. The SMILES string of the molecule is Cc1cccc(NC(=O)COC(=O)c2cc([N+](=O)[O-])ccc2NCCO)c1C. The van der Waals surface area contributed by atoms with Crippen molar-refractivity contribution in [3.63, 3.8) is 0 Å². The summed E-state index contributed by atoms with van der Waals surface area (Å²) >= 11 is 0. The standard InChI is InChI=1S/C19H21N3O6/c1-12-4-3-5-16(13(12)2)21-18(24)11-28-19(25)15-10-14(22(26)27)6-7-17(15)20-8-9-23/h3-7,10,20,23H,8-9,11H2,1-2H3,(H,21,24). The molecule has 0 unspecified atom stereocenters. The van der Waals surface area contributed by atoms with Gasteiger partial charge in [0, 0.05) is 30.1 Å². The maximum absolute atomic E-state index is 12.4. The van der Waals surface area contributed by atoms with Crippen LogP contribution in [0.25, 0.3) is 0 Å². The Morgan fingerprint density at radius 1 is 1.18 bits per heavy atom. The number of non-ortho nitro benzene ring substituents is 1. The number of nitrogens with one attached hydrogen (secondary N) is 2. The number of aliphatic hydroxyl groups excluding tert-OH is 1. The van der Waals surface area contributed by atoms with Crippen molar-refractivity contribution in [1.29, 1.82) is 0 Å². The zero-order chi connectivity index (χ0) is 20.7. The third-order valence-corrected chi connectivity index (χ3v) is 4.07. The van der Waals surface area contributed by atoms with E-state index in [2.05, 4.69) is 10.6 Å². The number of hydrogen-bond acceptors (Lipinski definition) is 7. The number of aliphatic hydroxyl groups is 1. The summed E-state index contributed by atoms with van der Waals surface area (Å²) in [6.45, 7) is 3.18. The van der Waals surface area contributed by atoms with Gasteiger partial charge in [0.2, 0.25) is 0 Å². The van der Waals surface area contributed by atoms with E-state index >= 15 is 0 Å². The molecule has 3 N–H and O–H groups in total. The van der Waals surface area contributed by atoms with E-state index in [4.69, 9.17) is 9.84 Å². The van der Waals surface area contributed by atoms with Gasteiger partial charge in [-0.15, -0.1) is 0 Å². The predicted octanol–water partition coefficient (Wildman–Crippen LogP) is 2.41. The molecule has 0 heterocycles. The summed E-state index contributed by atoms with van der Waals surface area (Å²) in [6, 6.07) is 9.08. The number of carbonyl (C=O) groups excluding carboxylic acids is 2. The molecule has 0 bridgehead atoms.